The molecular weight excluding hydrogens is 255 g/mol. The second kappa shape index (κ2) is 15.9. The zero-order valence-corrected chi connectivity index (χ0v) is 10.7. The van der Waals surface area contributed by atoms with Gasteiger partial charge in [0.15, 0.2) is 0 Å². The van der Waals surface area contributed by atoms with Crippen LogP contribution < -0.4 is 0 Å². The topological polar surface area (TPSA) is 132 Å². The minimum Gasteiger partial charge on any atom is -0.356 e. The molecule has 0 unspecified atom stereocenters. The van der Waals surface area contributed by atoms with Gasteiger partial charge in [0.25, 0.3) is 0 Å². The molecule has 10 heavy (non-hydrogen) atoms. The van der Waals surface area contributed by atoms with Gasteiger partial charge in [-0.05, 0) is 0 Å². The standard InChI is InChI=1S/2NO3.2Zn/c2*2-1(3)4;;/q2*-1;2*+2. The van der Waals surface area contributed by atoms with E-state index >= 15 is 0 Å². The maximum absolute atomic E-state index is 8.25. The van der Waals surface area contributed by atoms with Crippen molar-refractivity contribution < 1.29 is 49.1 Å². The Labute approximate surface area is 79.9 Å². The molecule has 0 N–H and O–H groups in total. The van der Waals surface area contributed by atoms with Gasteiger partial charge in [-0.3, -0.25) is 0 Å². The van der Waals surface area contributed by atoms with E-state index in [-0.39, 0.29) is 39.0 Å². The van der Waals surface area contributed by atoms with Gasteiger partial charge < -0.3 is 30.6 Å². The van der Waals surface area contributed by atoms with E-state index in [2.05, 4.69) is 0 Å². The zero-order chi connectivity index (χ0) is 7.15. The van der Waals surface area contributed by atoms with E-state index in [1.165, 1.54) is 0 Å². The van der Waals surface area contributed by atoms with Crippen LogP contribution in [-0.2, 0) is 39.0 Å². The van der Waals surface area contributed by atoms with Crippen molar-refractivity contribution in [3.8, 4) is 0 Å². The Bertz CT molecular complexity index is 71.7. The summed E-state index contributed by atoms with van der Waals surface area (Å²) >= 11 is 0. The Balaban J connectivity index is -0.0000000300. The van der Waals surface area contributed by atoms with E-state index < -0.39 is 10.2 Å². The summed E-state index contributed by atoms with van der Waals surface area (Å²) in [4.78, 5) is 16.5. The van der Waals surface area contributed by atoms with E-state index in [1.54, 1.807) is 0 Å². The predicted octanol–water partition coefficient (Wildman–Crippen LogP) is -0.483. The molecule has 0 aromatic rings. The molecule has 48 valence electrons. The van der Waals surface area contributed by atoms with Crippen molar-refractivity contribution in [2.45, 2.75) is 0 Å². The van der Waals surface area contributed by atoms with Crippen LogP contribution in [0.15, 0.2) is 0 Å². The first-order valence-electron chi connectivity index (χ1n) is 1.10. The molecule has 0 aromatic carbocycles. The Hall–Kier alpha value is -0.353. The van der Waals surface area contributed by atoms with Crippen LogP contribution in [-0.4, -0.2) is 10.2 Å². The van der Waals surface area contributed by atoms with Crippen LogP contribution in [0.4, 0.5) is 0 Å². The third kappa shape index (κ3) is 2710. The van der Waals surface area contributed by atoms with Crippen LogP contribution in [0.1, 0.15) is 0 Å². The van der Waals surface area contributed by atoms with Gasteiger partial charge in [0.05, 0.1) is 10.2 Å². The molecule has 8 nitrogen and oxygen atoms in total. The van der Waals surface area contributed by atoms with Crippen molar-refractivity contribution in [1.29, 1.82) is 0 Å². The summed E-state index contributed by atoms with van der Waals surface area (Å²) in [5.74, 6) is 0. The second-order valence-electron chi connectivity index (χ2n) is 0.447. The summed E-state index contributed by atoms with van der Waals surface area (Å²) in [6.45, 7) is 0. The first-order chi connectivity index (χ1) is 3.46. The third-order valence-corrected chi connectivity index (χ3v) is 0. The average Bonchev–Trinajstić information content (AvgIpc) is 1.25. The maximum Gasteiger partial charge on any atom is 2.00 e. The van der Waals surface area contributed by atoms with Gasteiger partial charge in [0, 0.05) is 0 Å². The molecule has 0 atom stereocenters. The monoisotopic (exact) mass is 252 g/mol. The van der Waals surface area contributed by atoms with Crippen LogP contribution in [0.2, 0.25) is 0 Å². The van der Waals surface area contributed by atoms with Crippen molar-refractivity contribution in [2.75, 3.05) is 0 Å². The van der Waals surface area contributed by atoms with E-state index in [0.29, 0.717) is 0 Å². The molecule has 0 saturated heterocycles. The van der Waals surface area contributed by atoms with Gasteiger partial charge in [0.1, 0.15) is 0 Å². The van der Waals surface area contributed by atoms with Crippen LogP contribution in [0.25, 0.3) is 0 Å². The maximum atomic E-state index is 8.25. The van der Waals surface area contributed by atoms with Crippen molar-refractivity contribution >= 4 is 0 Å². The molecular formula is N2O6Zn2+2. The predicted molar refractivity (Wildman–Crippen MR) is 20.7 cm³/mol. The number of hydrogen-bond donors (Lipinski definition) is 0. The zero-order valence-electron chi connectivity index (χ0n) is 4.76. The molecule has 0 bridgehead atoms. The summed E-state index contributed by atoms with van der Waals surface area (Å²) in [5.41, 5.74) is 0. The Morgan fingerprint density at radius 2 is 0.700 bits per heavy atom. The van der Waals surface area contributed by atoms with Gasteiger partial charge in [-0.15, -0.1) is 0 Å². The molecule has 0 fully saturated rings. The third-order valence-electron chi connectivity index (χ3n) is 0. The minimum absolute atomic E-state index is 0. The fraction of sp³-hybridized carbons (Fsp3) is 0. The molecule has 0 amide bonds. The molecule has 10 heteroatoms. The molecule has 0 saturated carbocycles. The SMILES string of the molecule is O=[N+]([O-])[O-].O=[N+]([O-])[O-].[Zn+2].[Zn+2]. The summed E-state index contributed by atoms with van der Waals surface area (Å²) < 4.78 is 0. The van der Waals surface area contributed by atoms with Gasteiger partial charge >= 0.3 is 39.0 Å². The largest absolute Gasteiger partial charge is 2.00 e. The van der Waals surface area contributed by atoms with Gasteiger partial charge in [-0.2, -0.15) is 0 Å². The molecule has 0 spiro atoms. The normalized spacial score (nSPS) is 4.80. The first kappa shape index (κ1) is 22.6. The van der Waals surface area contributed by atoms with Crippen molar-refractivity contribution in [1.82, 2.24) is 0 Å². The average molecular weight is 255 g/mol. The molecule has 0 aliphatic carbocycles. The summed E-state index contributed by atoms with van der Waals surface area (Å²) in [5, 5.41) is 29.5. The smallest absolute Gasteiger partial charge is 0.356 e. The molecule has 0 rings (SSSR count). The van der Waals surface area contributed by atoms with E-state index in [1.807, 2.05) is 0 Å². The quantitative estimate of drug-likeness (QED) is 0.326. The number of nitrogens with zero attached hydrogens (tertiary/aromatic N) is 2. The second-order valence-corrected chi connectivity index (χ2v) is 0.447. The first-order valence-corrected chi connectivity index (χ1v) is 1.10. The van der Waals surface area contributed by atoms with E-state index in [4.69, 9.17) is 30.6 Å². The Kier molecular flexibility index (Phi) is 35.9. The van der Waals surface area contributed by atoms with Crippen LogP contribution in [0, 0.1) is 30.6 Å². The summed E-state index contributed by atoms with van der Waals surface area (Å²) in [6, 6.07) is 0. The number of rotatable bonds is 0. The molecule has 0 aliphatic rings. The summed E-state index contributed by atoms with van der Waals surface area (Å²) in [6.07, 6.45) is 0. The molecule has 0 heterocycles. The Morgan fingerprint density at radius 3 is 0.700 bits per heavy atom. The van der Waals surface area contributed by atoms with Crippen molar-refractivity contribution in [3.63, 3.8) is 0 Å². The Morgan fingerprint density at radius 1 is 0.700 bits per heavy atom. The number of hydrogen-bond acceptors (Lipinski definition) is 6. The van der Waals surface area contributed by atoms with Gasteiger partial charge in [0.2, 0.25) is 0 Å². The van der Waals surface area contributed by atoms with E-state index in [9.17, 15) is 0 Å². The van der Waals surface area contributed by atoms with Crippen molar-refractivity contribution in [3.05, 3.63) is 30.6 Å². The minimum atomic E-state index is -1.75. The molecule has 0 aromatic heterocycles. The van der Waals surface area contributed by atoms with Gasteiger partial charge in [-0.25, -0.2) is 0 Å². The fourth-order valence-corrected chi connectivity index (χ4v) is 0. The fourth-order valence-electron chi connectivity index (χ4n) is 0. The van der Waals surface area contributed by atoms with Gasteiger partial charge in [-0.1, -0.05) is 0 Å². The van der Waals surface area contributed by atoms with Crippen molar-refractivity contribution in [2.24, 2.45) is 0 Å². The van der Waals surface area contributed by atoms with Crippen LogP contribution >= 0.6 is 0 Å². The van der Waals surface area contributed by atoms with Crippen LogP contribution in [0.5, 0.6) is 0 Å². The van der Waals surface area contributed by atoms with Crippen LogP contribution in [0.3, 0.4) is 0 Å². The molecule has 0 radical (unpaired) electrons. The molecule has 0 aliphatic heterocycles. The summed E-state index contributed by atoms with van der Waals surface area (Å²) in [7, 11) is 0. The van der Waals surface area contributed by atoms with E-state index in [0.717, 1.165) is 0 Å².